The van der Waals surface area contributed by atoms with Crippen molar-refractivity contribution in [3.63, 3.8) is 0 Å². The predicted octanol–water partition coefficient (Wildman–Crippen LogP) is 4.05. The maximum Gasteiger partial charge on any atom is 0.278 e. The highest BCUT2D eigenvalue weighted by Gasteiger charge is 2.22. The van der Waals surface area contributed by atoms with Gasteiger partial charge in [0.25, 0.3) is 5.56 Å². The fourth-order valence-corrected chi connectivity index (χ4v) is 5.30. The standard InChI is InChI=1S/C29H33N9O2/c1-4-13-36-15-11-22(12-16-36)40-26-8-6-7-25(33-26)38-27-23(28(39)37(38)14-5-2)19-30-29(34-27)32-21-9-10-24-20(17-21)18-31-35(24)3/h5-10,17-19,22H,2,4,11-16H2,1,3H3,(H,30,32,34). The van der Waals surface area contributed by atoms with Crippen LogP contribution in [-0.2, 0) is 13.6 Å². The van der Waals surface area contributed by atoms with Gasteiger partial charge in [-0.15, -0.1) is 6.58 Å². The Hall–Kier alpha value is -4.51. The molecule has 11 heteroatoms. The van der Waals surface area contributed by atoms with Crippen molar-refractivity contribution in [2.45, 2.75) is 38.8 Å². The number of aromatic nitrogens is 7. The monoisotopic (exact) mass is 539 g/mol. The van der Waals surface area contributed by atoms with Crippen LogP contribution in [0.2, 0.25) is 0 Å². The molecule has 0 radical (unpaired) electrons. The van der Waals surface area contributed by atoms with Gasteiger partial charge in [0.1, 0.15) is 11.5 Å². The number of hydrogen-bond acceptors (Lipinski definition) is 8. The minimum atomic E-state index is -0.213. The van der Waals surface area contributed by atoms with Crippen LogP contribution in [0.5, 0.6) is 5.88 Å². The highest BCUT2D eigenvalue weighted by atomic mass is 16.5. The van der Waals surface area contributed by atoms with Crippen LogP contribution < -0.4 is 15.6 Å². The second kappa shape index (κ2) is 10.9. The Morgan fingerprint density at radius 3 is 2.80 bits per heavy atom. The van der Waals surface area contributed by atoms with E-state index in [1.165, 1.54) is 0 Å². The van der Waals surface area contributed by atoms with Gasteiger partial charge >= 0.3 is 0 Å². The molecule has 0 spiro atoms. The Morgan fingerprint density at radius 1 is 1.15 bits per heavy atom. The zero-order valence-corrected chi connectivity index (χ0v) is 22.8. The van der Waals surface area contributed by atoms with Crippen molar-refractivity contribution in [1.82, 2.24) is 39.0 Å². The van der Waals surface area contributed by atoms with Crippen LogP contribution in [0.3, 0.4) is 0 Å². The summed E-state index contributed by atoms with van der Waals surface area (Å²) in [5.41, 5.74) is 2.08. The SMILES string of the molecule is C=CCn1c(=O)c2cnc(Nc3ccc4c(cnn4C)c3)nc2n1-c1cccc(OC2CCN(CCC)CC2)n1. The minimum absolute atomic E-state index is 0.114. The van der Waals surface area contributed by atoms with Gasteiger partial charge in [0.05, 0.1) is 18.3 Å². The van der Waals surface area contributed by atoms with Crippen molar-refractivity contribution < 1.29 is 4.74 Å². The predicted molar refractivity (Wildman–Crippen MR) is 155 cm³/mol. The van der Waals surface area contributed by atoms with Gasteiger partial charge in [0.15, 0.2) is 11.5 Å². The van der Waals surface area contributed by atoms with Crippen LogP contribution >= 0.6 is 0 Å². The molecular weight excluding hydrogens is 506 g/mol. The number of benzene rings is 1. The fourth-order valence-electron chi connectivity index (χ4n) is 5.30. The number of ether oxygens (including phenoxy) is 1. The maximum atomic E-state index is 13.3. The summed E-state index contributed by atoms with van der Waals surface area (Å²) in [6.45, 7) is 9.52. The highest BCUT2D eigenvalue weighted by Crippen LogP contribution is 2.23. The number of fused-ring (bicyclic) bond motifs is 2. The molecule has 5 heterocycles. The van der Waals surface area contributed by atoms with Gasteiger partial charge in [0.2, 0.25) is 11.8 Å². The lowest BCUT2D eigenvalue weighted by Gasteiger charge is -2.31. The third-order valence-corrected chi connectivity index (χ3v) is 7.27. The molecule has 0 amide bonds. The molecule has 40 heavy (non-hydrogen) atoms. The smallest absolute Gasteiger partial charge is 0.278 e. The van der Waals surface area contributed by atoms with Crippen molar-refractivity contribution in [3.05, 3.63) is 71.8 Å². The molecule has 0 saturated carbocycles. The van der Waals surface area contributed by atoms with E-state index in [1.807, 2.05) is 54.3 Å². The second-order valence-corrected chi connectivity index (χ2v) is 10.1. The van der Waals surface area contributed by atoms with Crippen LogP contribution in [0.25, 0.3) is 27.8 Å². The first kappa shape index (κ1) is 25.8. The molecule has 1 aliphatic rings. The van der Waals surface area contributed by atoms with Crippen LogP contribution in [0.1, 0.15) is 26.2 Å². The summed E-state index contributed by atoms with van der Waals surface area (Å²) in [6, 6.07) is 11.5. The summed E-state index contributed by atoms with van der Waals surface area (Å²) in [4.78, 5) is 29.8. The van der Waals surface area contributed by atoms with E-state index in [0.29, 0.717) is 28.7 Å². The van der Waals surface area contributed by atoms with E-state index in [1.54, 1.807) is 21.6 Å². The van der Waals surface area contributed by atoms with Gasteiger partial charge in [-0.2, -0.15) is 15.1 Å². The molecule has 206 valence electrons. The third kappa shape index (κ3) is 4.95. The van der Waals surface area contributed by atoms with Crippen molar-refractivity contribution in [2.75, 3.05) is 25.0 Å². The minimum Gasteiger partial charge on any atom is -0.474 e. The Bertz CT molecular complexity index is 1730. The van der Waals surface area contributed by atoms with Gasteiger partial charge in [-0.1, -0.05) is 19.1 Å². The number of anilines is 2. The molecular formula is C29H33N9O2. The maximum absolute atomic E-state index is 13.3. The molecule has 0 bridgehead atoms. The van der Waals surface area contributed by atoms with E-state index in [0.717, 1.165) is 55.5 Å². The van der Waals surface area contributed by atoms with Crippen molar-refractivity contribution >= 4 is 33.6 Å². The summed E-state index contributed by atoms with van der Waals surface area (Å²) < 4.78 is 11.4. The summed E-state index contributed by atoms with van der Waals surface area (Å²) in [5, 5.41) is 8.96. The summed E-state index contributed by atoms with van der Waals surface area (Å²) in [5.74, 6) is 1.44. The van der Waals surface area contributed by atoms with E-state index in [-0.39, 0.29) is 18.2 Å². The number of pyridine rings is 1. The van der Waals surface area contributed by atoms with Crippen molar-refractivity contribution in [2.24, 2.45) is 7.05 Å². The fraction of sp³-hybridized carbons (Fsp3) is 0.345. The first-order valence-corrected chi connectivity index (χ1v) is 13.7. The first-order chi connectivity index (χ1) is 19.5. The number of nitrogens with one attached hydrogen (secondary N) is 1. The van der Waals surface area contributed by atoms with Gasteiger partial charge in [0, 0.05) is 43.5 Å². The lowest BCUT2D eigenvalue weighted by atomic mass is 10.1. The molecule has 0 aliphatic carbocycles. The van der Waals surface area contributed by atoms with Gasteiger partial charge in [-0.05, 0) is 50.1 Å². The number of aryl methyl sites for hydroxylation is 1. The number of hydrogen-bond donors (Lipinski definition) is 1. The second-order valence-electron chi connectivity index (χ2n) is 10.1. The molecule has 1 aliphatic heterocycles. The Labute approximate surface area is 231 Å². The van der Waals surface area contributed by atoms with E-state index in [4.69, 9.17) is 14.7 Å². The van der Waals surface area contributed by atoms with E-state index in [9.17, 15) is 4.79 Å². The Balaban J connectivity index is 1.33. The first-order valence-electron chi connectivity index (χ1n) is 13.7. The molecule has 1 saturated heterocycles. The van der Waals surface area contributed by atoms with Gasteiger partial charge < -0.3 is 15.0 Å². The zero-order valence-electron chi connectivity index (χ0n) is 22.8. The summed E-state index contributed by atoms with van der Waals surface area (Å²) in [6.07, 6.45) is 8.24. The third-order valence-electron chi connectivity index (χ3n) is 7.27. The van der Waals surface area contributed by atoms with Crippen molar-refractivity contribution in [3.8, 4) is 11.7 Å². The van der Waals surface area contributed by atoms with Crippen LogP contribution in [0.15, 0.2) is 66.2 Å². The van der Waals surface area contributed by atoms with Crippen LogP contribution in [0.4, 0.5) is 11.6 Å². The van der Waals surface area contributed by atoms with Gasteiger partial charge in [-0.25, -0.2) is 14.3 Å². The largest absolute Gasteiger partial charge is 0.474 e. The molecule has 11 nitrogen and oxygen atoms in total. The molecule has 1 aromatic carbocycles. The molecule has 6 rings (SSSR count). The molecule has 1 fully saturated rings. The molecule has 0 unspecified atom stereocenters. The van der Waals surface area contributed by atoms with Gasteiger partial charge in [-0.3, -0.25) is 9.48 Å². The number of rotatable bonds is 9. The summed E-state index contributed by atoms with van der Waals surface area (Å²) >= 11 is 0. The summed E-state index contributed by atoms with van der Waals surface area (Å²) in [7, 11) is 1.91. The molecule has 5 aromatic rings. The van der Waals surface area contributed by atoms with E-state index < -0.39 is 0 Å². The Morgan fingerprint density at radius 2 is 2.00 bits per heavy atom. The molecule has 4 aromatic heterocycles. The lowest BCUT2D eigenvalue weighted by molar-refractivity contribution is 0.0969. The number of nitrogens with zero attached hydrogens (tertiary/aromatic N) is 8. The lowest BCUT2D eigenvalue weighted by Crippen LogP contribution is -2.38. The average molecular weight is 540 g/mol. The highest BCUT2D eigenvalue weighted by molar-refractivity contribution is 5.83. The quantitative estimate of drug-likeness (QED) is 0.280. The molecule has 1 N–H and O–H groups in total. The number of piperidine rings is 1. The van der Waals surface area contributed by atoms with Crippen LogP contribution in [0, 0.1) is 0 Å². The molecule has 0 atom stereocenters. The van der Waals surface area contributed by atoms with E-state index >= 15 is 0 Å². The zero-order chi connectivity index (χ0) is 27.6. The van der Waals surface area contributed by atoms with Crippen molar-refractivity contribution in [1.29, 1.82) is 0 Å². The number of allylic oxidation sites excluding steroid dienone is 1. The number of likely N-dealkylation sites (tertiary alicyclic amines) is 1. The topological polar surface area (TPSA) is 108 Å². The Kier molecular flexibility index (Phi) is 7.04. The van der Waals surface area contributed by atoms with Crippen LogP contribution in [-0.4, -0.2) is 64.7 Å². The normalized spacial score (nSPS) is 14.7. The van der Waals surface area contributed by atoms with E-state index in [2.05, 4.69) is 33.8 Å². The average Bonchev–Trinajstić information content (AvgIpc) is 3.46.